The van der Waals surface area contributed by atoms with E-state index in [0.717, 1.165) is 17.1 Å². The molecule has 0 radical (unpaired) electrons. The number of benzene rings is 1. The molecule has 0 spiro atoms. The number of aromatic nitrogens is 1. The predicted molar refractivity (Wildman–Crippen MR) is 81.8 cm³/mol. The van der Waals surface area contributed by atoms with E-state index in [2.05, 4.69) is 41.3 Å². The number of nitrogens with zero attached hydrogens (tertiary/aromatic N) is 1. The zero-order valence-electron chi connectivity index (χ0n) is 12.1. The van der Waals surface area contributed by atoms with Gasteiger partial charge in [0, 0.05) is 23.6 Å². The van der Waals surface area contributed by atoms with Crippen LogP contribution in [-0.2, 0) is 16.4 Å². The van der Waals surface area contributed by atoms with Gasteiger partial charge in [-0.2, -0.15) is 0 Å². The quantitative estimate of drug-likeness (QED) is 0.918. The van der Waals surface area contributed by atoms with Crippen LogP contribution in [-0.4, -0.2) is 25.8 Å². The summed E-state index contributed by atoms with van der Waals surface area (Å²) in [6, 6.07) is 12.3. The van der Waals surface area contributed by atoms with Gasteiger partial charge in [0.15, 0.2) is 0 Å². The van der Waals surface area contributed by atoms with E-state index in [1.165, 1.54) is 11.8 Å². The van der Waals surface area contributed by atoms with Crippen molar-refractivity contribution in [2.24, 2.45) is 0 Å². The highest BCUT2D eigenvalue weighted by Crippen LogP contribution is 2.20. The Morgan fingerprint density at radius 2 is 1.80 bits per heavy atom. The molecule has 0 amide bonds. The average Bonchev–Trinajstić information content (AvgIpc) is 2.64. The topological polar surface area (TPSA) is 51.1 Å². The minimum atomic E-state index is -3.12. The van der Waals surface area contributed by atoms with Gasteiger partial charge in [0.05, 0.1) is 6.26 Å². The molecule has 0 aliphatic rings. The molecule has 0 aliphatic heterocycles. The summed E-state index contributed by atoms with van der Waals surface area (Å²) in [7, 11) is -3.12. The van der Waals surface area contributed by atoms with Crippen molar-refractivity contribution in [3.63, 3.8) is 0 Å². The Morgan fingerprint density at radius 3 is 2.40 bits per heavy atom. The number of nitrogens with one attached hydrogen (secondary N) is 1. The van der Waals surface area contributed by atoms with Gasteiger partial charge in [0.1, 0.15) is 0 Å². The molecule has 0 unspecified atom stereocenters. The van der Waals surface area contributed by atoms with E-state index in [4.69, 9.17) is 0 Å². The van der Waals surface area contributed by atoms with Crippen molar-refractivity contribution in [3.8, 4) is 5.69 Å². The van der Waals surface area contributed by atoms with E-state index in [1.807, 2.05) is 18.2 Å². The van der Waals surface area contributed by atoms with Crippen LogP contribution in [0.3, 0.4) is 0 Å². The zero-order chi connectivity index (χ0) is 14.8. The second kappa shape index (κ2) is 5.81. The van der Waals surface area contributed by atoms with Crippen LogP contribution in [0.4, 0.5) is 0 Å². The van der Waals surface area contributed by atoms with Crippen molar-refractivity contribution in [2.75, 3.05) is 12.8 Å². The van der Waals surface area contributed by atoms with Crippen LogP contribution >= 0.6 is 0 Å². The van der Waals surface area contributed by atoms with Crippen LogP contribution in [0.5, 0.6) is 0 Å². The van der Waals surface area contributed by atoms with E-state index in [1.54, 1.807) is 0 Å². The minimum Gasteiger partial charge on any atom is -0.318 e. The Kier molecular flexibility index (Phi) is 4.30. The molecule has 2 aromatic rings. The highest BCUT2D eigenvalue weighted by atomic mass is 32.2. The maximum atomic E-state index is 11.1. The van der Waals surface area contributed by atoms with Gasteiger partial charge in [-0.05, 0) is 44.0 Å². The van der Waals surface area contributed by atoms with Gasteiger partial charge in [-0.1, -0.05) is 18.2 Å². The molecule has 0 saturated heterocycles. The van der Waals surface area contributed by atoms with Crippen LogP contribution < -0.4 is 4.72 Å². The third-order valence-electron chi connectivity index (χ3n) is 3.31. The Balaban J connectivity index is 2.22. The summed E-state index contributed by atoms with van der Waals surface area (Å²) < 4.78 is 26.9. The van der Waals surface area contributed by atoms with Crippen molar-refractivity contribution in [2.45, 2.75) is 20.3 Å². The Hall–Kier alpha value is -1.59. The predicted octanol–water partition coefficient (Wildman–Crippen LogP) is 2.19. The maximum absolute atomic E-state index is 11.1. The monoisotopic (exact) mass is 292 g/mol. The van der Waals surface area contributed by atoms with Crippen LogP contribution in [0.25, 0.3) is 5.69 Å². The van der Waals surface area contributed by atoms with E-state index >= 15 is 0 Å². The van der Waals surface area contributed by atoms with E-state index in [9.17, 15) is 8.42 Å². The van der Waals surface area contributed by atoms with Crippen LogP contribution in [0.1, 0.15) is 17.0 Å². The average molecular weight is 292 g/mol. The summed E-state index contributed by atoms with van der Waals surface area (Å²) in [6.45, 7) is 4.56. The van der Waals surface area contributed by atoms with Gasteiger partial charge in [-0.25, -0.2) is 13.1 Å². The summed E-state index contributed by atoms with van der Waals surface area (Å²) in [5, 5.41) is 0. The largest absolute Gasteiger partial charge is 0.318 e. The third-order valence-corrected chi connectivity index (χ3v) is 4.04. The van der Waals surface area contributed by atoms with Crippen molar-refractivity contribution < 1.29 is 8.42 Å². The maximum Gasteiger partial charge on any atom is 0.208 e. The molecule has 20 heavy (non-hydrogen) atoms. The summed E-state index contributed by atoms with van der Waals surface area (Å²) in [5.41, 5.74) is 4.61. The number of hydrogen-bond donors (Lipinski definition) is 1. The SMILES string of the molecule is Cc1cc(CCNS(C)(=O)=O)c(C)n1-c1ccccc1. The zero-order valence-corrected chi connectivity index (χ0v) is 12.9. The summed E-state index contributed by atoms with van der Waals surface area (Å²) in [6.07, 6.45) is 1.87. The fourth-order valence-electron chi connectivity index (χ4n) is 2.43. The number of para-hydroxylation sites is 1. The Labute approximate surface area is 120 Å². The van der Waals surface area contributed by atoms with Gasteiger partial charge >= 0.3 is 0 Å². The first kappa shape index (κ1) is 14.8. The van der Waals surface area contributed by atoms with E-state index in [0.29, 0.717) is 13.0 Å². The lowest BCUT2D eigenvalue weighted by molar-refractivity contribution is 0.588. The molecule has 2 rings (SSSR count). The Bertz CT molecular complexity index is 688. The summed E-state index contributed by atoms with van der Waals surface area (Å²) >= 11 is 0. The molecular weight excluding hydrogens is 272 g/mol. The highest BCUT2D eigenvalue weighted by Gasteiger charge is 2.10. The van der Waals surface area contributed by atoms with Crippen molar-refractivity contribution >= 4 is 10.0 Å². The molecule has 1 heterocycles. The smallest absolute Gasteiger partial charge is 0.208 e. The molecule has 0 fully saturated rings. The molecule has 5 heteroatoms. The molecule has 0 atom stereocenters. The van der Waals surface area contributed by atoms with Crippen molar-refractivity contribution in [3.05, 3.63) is 53.3 Å². The summed E-state index contributed by atoms with van der Waals surface area (Å²) in [4.78, 5) is 0. The molecule has 0 saturated carbocycles. The first-order valence-electron chi connectivity index (χ1n) is 6.56. The van der Waals surface area contributed by atoms with Gasteiger partial charge in [0.2, 0.25) is 10.0 Å². The number of hydrogen-bond acceptors (Lipinski definition) is 2. The van der Waals surface area contributed by atoms with Gasteiger partial charge < -0.3 is 4.57 Å². The standard InChI is InChI=1S/C15H20N2O2S/c1-12-11-14(9-10-16-20(3,18)19)13(2)17(12)15-7-5-4-6-8-15/h4-8,11,16H,9-10H2,1-3H3. The molecule has 0 bridgehead atoms. The molecule has 1 aromatic carbocycles. The molecule has 108 valence electrons. The van der Waals surface area contributed by atoms with Crippen molar-refractivity contribution in [1.82, 2.24) is 9.29 Å². The van der Waals surface area contributed by atoms with Crippen LogP contribution in [0.2, 0.25) is 0 Å². The van der Waals surface area contributed by atoms with Gasteiger partial charge in [-0.15, -0.1) is 0 Å². The van der Waals surface area contributed by atoms with Crippen molar-refractivity contribution in [1.29, 1.82) is 0 Å². The fourth-order valence-corrected chi connectivity index (χ4v) is 2.90. The lowest BCUT2D eigenvalue weighted by Gasteiger charge is -2.10. The second-order valence-electron chi connectivity index (χ2n) is 4.98. The molecule has 4 nitrogen and oxygen atoms in total. The highest BCUT2D eigenvalue weighted by molar-refractivity contribution is 7.88. The Morgan fingerprint density at radius 1 is 1.15 bits per heavy atom. The van der Waals surface area contributed by atoms with Gasteiger partial charge in [0.25, 0.3) is 0 Å². The van der Waals surface area contributed by atoms with Crippen LogP contribution in [0.15, 0.2) is 36.4 Å². The van der Waals surface area contributed by atoms with Gasteiger partial charge in [-0.3, -0.25) is 0 Å². The molecule has 1 aromatic heterocycles. The second-order valence-corrected chi connectivity index (χ2v) is 6.82. The van der Waals surface area contributed by atoms with Crippen LogP contribution in [0, 0.1) is 13.8 Å². The lowest BCUT2D eigenvalue weighted by atomic mass is 10.2. The first-order valence-corrected chi connectivity index (χ1v) is 8.45. The third kappa shape index (κ3) is 3.49. The van der Waals surface area contributed by atoms with E-state index in [-0.39, 0.29) is 0 Å². The first-order chi connectivity index (χ1) is 9.38. The fraction of sp³-hybridized carbons (Fsp3) is 0.333. The number of sulfonamides is 1. The summed E-state index contributed by atoms with van der Waals surface area (Å²) in [5.74, 6) is 0. The number of rotatable bonds is 5. The molecule has 1 N–H and O–H groups in total. The lowest BCUT2D eigenvalue weighted by Crippen LogP contribution is -2.24. The number of aryl methyl sites for hydroxylation is 1. The normalized spacial score (nSPS) is 11.8. The minimum absolute atomic E-state index is 0.428. The molecular formula is C15H20N2O2S. The van der Waals surface area contributed by atoms with E-state index < -0.39 is 10.0 Å². The molecule has 0 aliphatic carbocycles.